The van der Waals surface area contributed by atoms with Crippen molar-refractivity contribution < 1.29 is 4.79 Å². The zero-order valence-electron chi connectivity index (χ0n) is 15.7. The molecule has 1 aromatic carbocycles. The molecule has 3 aromatic rings. The van der Waals surface area contributed by atoms with Crippen LogP contribution >= 0.6 is 0 Å². The van der Waals surface area contributed by atoms with Crippen LogP contribution in [-0.4, -0.2) is 48.4 Å². The molecule has 0 bridgehead atoms. The van der Waals surface area contributed by atoms with Gasteiger partial charge in [0.15, 0.2) is 0 Å². The van der Waals surface area contributed by atoms with Crippen LogP contribution in [0, 0.1) is 6.92 Å². The van der Waals surface area contributed by atoms with Crippen LogP contribution in [0.3, 0.4) is 0 Å². The number of nitrogens with zero attached hydrogens (tertiary/aromatic N) is 5. The molecule has 28 heavy (non-hydrogen) atoms. The highest BCUT2D eigenvalue weighted by atomic mass is 16.2. The molecule has 0 saturated carbocycles. The highest BCUT2D eigenvalue weighted by molar-refractivity contribution is 5.76. The molecule has 9 nitrogen and oxygen atoms in total. The second-order valence-corrected chi connectivity index (χ2v) is 7.11. The summed E-state index contributed by atoms with van der Waals surface area (Å²) in [6.45, 7) is 3.14. The molecule has 1 aliphatic rings. The molecule has 0 spiro atoms. The standard InChI is InChI=1S/C19H23N7O2/c1-13-10-16(20)25(23-13)12-17(27)24-9-5-6-14(11-24)18-21-22-19(28)26(18)15-7-3-2-4-8-15/h2-4,7-8,10,14H,5-6,9,11-12,20H2,1H3,(H,22,28). The average molecular weight is 381 g/mol. The van der Waals surface area contributed by atoms with E-state index in [2.05, 4.69) is 15.3 Å². The highest BCUT2D eigenvalue weighted by Crippen LogP contribution is 2.26. The monoisotopic (exact) mass is 381 g/mol. The van der Waals surface area contributed by atoms with Gasteiger partial charge in [-0.15, -0.1) is 0 Å². The number of piperidine rings is 1. The van der Waals surface area contributed by atoms with Crippen molar-refractivity contribution in [1.82, 2.24) is 29.4 Å². The number of aromatic nitrogens is 5. The van der Waals surface area contributed by atoms with E-state index in [1.807, 2.05) is 37.3 Å². The van der Waals surface area contributed by atoms with Gasteiger partial charge in [0, 0.05) is 25.1 Å². The van der Waals surface area contributed by atoms with E-state index in [-0.39, 0.29) is 24.1 Å². The number of nitrogens with one attached hydrogen (secondary N) is 1. The van der Waals surface area contributed by atoms with Crippen LogP contribution in [0.25, 0.3) is 5.69 Å². The SMILES string of the molecule is Cc1cc(N)n(CC(=O)N2CCCC(c3n[nH]c(=O)n3-c3ccccc3)C2)n1. The Balaban J connectivity index is 1.54. The summed E-state index contributed by atoms with van der Waals surface area (Å²) in [5, 5.41) is 11.1. The predicted octanol–water partition coefficient (Wildman–Crippen LogP) is 1.05. The van der Waals surface area contributed by atoms with Crippen LogP contribution in [-0.2, 0) is 11.3 Å². The summed E-state index contributed by atoms with van der Waals surface area (Å²) in [7, 11) is 0. The fraction of sp³-hybridized carbons (Fsp3) is 0.368. The number of H-pyrrole nitrogens is 1. The third kappa shape index (κ3) is 3.42. The van der Waals surface area contributed by atoms with Gasteiger partial charge in [-0.1, -0.05) is 18.2 Å². The van der Waals surface area contributed by atoms with Gasteiger partial charge in [0.05, 0.1) is 11.4 Å². The lowest BCUT2D eigenvalue weighted by molar-refractivity contribution is -0.133. The molecule has 146 valence electrons. The van der Waals surface area contributed by atoms with E-state index in [4.69, 9.17) is 5.73 Å². The Morgan fingerprint density at radius 3 is 2.82 bits per heavy atom. The summed E-state index contributed by atoms with van der Waals surface area (Å²) in [5.74, 6) is 1.07. The summed E-state index contributed by atoms with van der Waals surface area (Å²) in [6, 6.07) is 11.1. The fourth-order valence-corrected chi connectivity index (χ4v) is 3.74. The number of nitrogens with two attached hydrogens (primary N) is 1. The molecule has 1 saturated heterocycles. The van der Waals surface area contributed by atoms with E-state index in [0.29, 0.717) is 24.7 Å². The first-order valence-corrected chi connectivity index (χ1v) is 9.33. The molecule has 0 aliphatic carbocycles. The molecule has 4 rings (SSSR count). The Morgan fingerprint density at radius 1 is 1.32 bits per heavy atom. The van der Waals surface area contributed by atoms with Crippen LogP contribution in [0.5, 0.6) is 0 Å². The Morgan fingerprint density at radius 2 is 2.11 bits per heavy atom. The van der Waals surface area contributed by atoms with Gasteiger partial charge in [0.25, 0.3) is 0 Å². The molecule has 1 unspecified atom stereocenters. The molecule has 2 aromatic heterocycles. The van der Waals surface area contributed by atoms with Crippen molar-refractivity contribution in [3.8, 4) is 5.69 Å². The molecule has 3 N–H and O–H groups in total. The van der Waals surface area contributed by atoms with Gasteiger partial charge in [-0.3, -0.25) is 4.79 Å². The third-order valence-corrected chi connectivity index (χ3v) is 5.07. The van der Waals surface area contributed by atoms with Crippen LogP contribution in [0.1, 0.15) is 30.3 Å². The molecular formula is C19H23N7O2. The fourth-order valence-electron chi connectivity index (χ4n) is 3.74. The number of para-hydroxylation sites is 1. The third-order valence-electron chi connectivity index (χ3n) is 5.07. The first kappa shape index (κ1) is 18.0. The normalized spacial score (nSPS) is 17.0. The minimum Gasteiger partial charge on any atom is -0.384 e. The lowest BCUT2D eigenvalue weighted by atomic mass is 9.97. The van der Waals surface area contributed by atoms with Crippen LogP contribution in [0.2, 0.25) is 0 Å². The average Bonchev–Trinajstić information content (AvgIpc) is 3.24. The van der Waals surface area contributed by atoms with E-state index in [0.717, 1.165) is 24.2 Å². The maximum absolute atomic E-state index is 12.8. The number of hydrogen-bond donors (Lipinski definition) is 2. The Hall–Kier alpha value is -3.36. The zero-order chi connectivity index (χ0) is 19.7. The van der Waals surface area contributed by atoms with Gasteiger partial charge in [0.2, 0.25) is 5.91 Å². The Bertz CT molecular complexity index is 1030. The lowest BCUT2D eigenvalue weighted by Crippen LogP contribution is -2.41. The lowest BCUT2D eigenvalue weighted by Gasteiger charge is -2.32. The van der Waals surface area contributed by atoms with Gasteiger partial charge in [-0.25, -0.2) is 19.1 Å². The smallest absolute Gasteiger partial charge is 0.347 e. The second kappa shape index (κ2) is 7.34. The van der Waals surface area contributed by atoms with Crippen molar-refractivity contribution in [3.05, 3.63) is 58.4 Å². The van der Waals surface area contributed by atoms with E-state index < -0.39 is 0 Å². The highest BCUT2D eigenvalue weighted by Gasteiger charge is 2.29. The molecule has 1 aliphatic heterocycles. The van der Waals surface area contributed by atoms with Gasteiger partial charge in [-0.05, 0) is 31.9 Å². The minimum atomic E-state index is -0.274. The number of likely N-dealkylation sites (tertiary alicyclic amines) is 1. The first-order chi connectivity index (χ1) is 13.5. The Kier molecular flexibility index (Phi) is 4.72. The van der Waals surface area contributed by atoms with E-state index in [9.17, 15) is 9.59 Å². The molecular weight excluding hydrogens is 358 g/mol. The van der Waals surface area contributed by atoms with Gasteiger partial charge < -0.3 is 10.6 Å². The van der Waals surface area contributed by atoms with Gasteiger partial charge in [-0.2, -0.15) is 10.2 Å². The maximum atomic E-state index is 12.8. The van der Waals surface area contributed by atoms with Crippen molar-refractivity contribution in [3.63, 3.8) is 0 Å². The van der Waals surface area contributed by atoms with Crippen LogP contribution in [0.4, 0.5) is 5.82 Å². The quantitative estimate of drug-likeness (QED) is 0.701. The van der Waals surface area contributed by atoms with Crippen LogP contribution in [0.15, 0.2) is 41.2 Å². The molecule has 1 amide bonds. The number of benzene rings is 1. The van der Waals surface area contributed by atoms with Crippen molar-refractivity contribution >= 4 is 11.7 Å². The maximum Gasteiger partial charge on any atom is 0.347 e. The number of nitrogen functional groups attached to an aromatic ring is 1. The van der Waals surface area contributed by atoms with E-state index in [1.54, 1.807) is 15.5 Å². The largest absolute Gasteiger partial charge is 0.384 e. The number of aromatic amines is 1. The van der Waals surface area contributed by atoms with Crippen molar-refractivity contribution in [1.29, 1.82) is 0 Å². The molecule has 1 atom stereocenters. The molecule has 0 radical (unpaired) electrons. The summed E-state index contributed by atoms with van der Waals surface area (Å²) in [5.41, 5.74) is 7.17. The summed E-state index contributed by atoms with van der Waals surface area (Å²) < 4.78 is 3.11. The molecule has 9 heteroatoms. The first-order valence-electron chi connectivity index (χ1n) is 9.33. The number of amides is 1. The topological polar surface area (TPSA) is 115 Å². The zero-order valence-corrected chi connectivity index (χ0v) is 15.7. The number of carbonyl (C=O) groups excluding carboxylic acids is 1. The number of rotatable bonds is 4. The van der Waals surface area contributed by atoms with Crippen molar-refractivity contribution in [2.75, 3.05) is 18.8 Å². The second-order valence-electron chi connectivity index (χ2n) is 7.11. The van der Waals surface area contributed by atoms with E-state index >= 15 is 0 Å². The summed E-state index contributed by atoms with van der Waals surface area (Å²) >= 11 is 0. The van der Waals surface area contributed by atoms with Crippen molar-refractivity contribution in [2.24, 2.45) is 0 Å². The summed E-state index contributed by atoms with van der Waals surface area (Å²) in [4.78, 5) is 26.9. The Labute approximate surface area is 161 Å². The predicted molar refractivity (Wildman–Crippen MR) is 104 cm³/mol. The number of aryl methyl sites for hydroxylation is 1. The number of hydrogen-bond acceptors (Lipinski definition) is 5. The molecule has 1 fully saturated rings. The van der Waals surface area contributed by atoms with Crippen molar-refractivity contribution in [2.45, 2.75) is 32.2 Å². The van der Waals surface area contributed by atoms with Gasteiger partial charge >= 0.3 is 5.69 Å². The number of anilines is 1. The summed E-state index contributed by atoms with van der Waals surface area (Å²) in [6.07, 6.45) is 1.71. The number of carbonyl (C=O) groups is 1. The van der Waals surface area contributed by atoms with Gasteiger partial charge in [0.1, 0.15) is 18.2 Å². The van der Waals surface area contributed by atoms with E-state index in [1.165, 1.54) is 4.68 Å². The molecule has 3 heterocycles. The minimum absolute atomic E-state index is 0.0199. The van der Waals surface area contributed by atoms with Crippen LogP contribution < -0.4 is 11.4 Å².